The van der Waals surface area contributed by atoms with E-state index in [1.54, 1.807) is 23.2 Å². The summed E-state index contributed by atoms with van der Waals surface area (Å²) in [5.74, 6) is -0.860. The van der Waals surface area contributed by atoms with E-state index in [1.807, 2.05) is 48.5 Å². The highest BCUT2D eigenvalue weighted by atomic mass is 16.5. The van der Waals surface area contributed by atoms with Crippen molar-refractivity contribution in [2.75, 3.05) is 45.2 Å². The van der Waals surface area contributed by atoms with Gasteiger partial charge in [0.15, 0.2) is 5.76 Å². The van der Waals surface area contributed by atoms with Crippen molar-refractivity contribution < 1.29 is 23.5 Å². The number of pyridine rings is 1. The van der Waals surface area contributed by atoms with E-state index >= 15 is 0 Å². The summed E-state index contributed by atoms with van der Waals surface area (Å²) in [5, 5.41) is 4.21. The summed E-state index contributed by atoms with van der Waals surface area (Å²) in [6, 6.07) is 18.6. The Morgan fingerprint density at radius 3 is 2.42 bits per heavy atom. The number of amides is 2. The van der Waals surface area contributed by atoms with Crippen LogP contribution in [0.15, 0.2) is 71.3 Å². The Bertz CT molecular complexity index is 1510. The number of hydrogen-bond acceptors (Lipinski definition) is 7. The number of methoxy groups -OCH3 is 1. The van der Waals surface area contributed by atoms with E-state index in [0.717, 1.165) is 11.0 Å². The summed E-state index contributed by atoms with van der Waals surface area (Å²) < 4.78 is 11.6. The Hall–Kier alpha value is -4.66. The van der Waals surface area contributed by atoms with Crippen molar-refractivity contribution in [2.24, 2.45) is 0 Å². The van der Waals surface area contributed by atoms with Crippen LogP contribution in [-0.2, 0) is 9.59 Å². The third-order valence-electron chi connectivity index (χ3n) is 7.19. The summed E-state index contributed by atoms with van der Waals surface area (Å²) in [7, 11) is 1.52. The lowest BCUT2D eigenvalue weighted by Gasteiger charge is -2.34. The summed E-state index contributed by atoms with van der Waals surface area (Å²) in [5.41, 5.74) is 3.15. The van der Waals surface area contributed by atoms with Crippen LogP contribution in [0.25, 0.3) is 22.4 Å². The number of ketones is 1. The fraction of sp³-hybridized carbons (Fsp3) is 0.241. The first-order chi connectivity index (χ1) is 18.5. The van der Waals surface area contributed by atoms with Gasteiger partial charge in [-0.1, -0.05) is 36.4 Å². The molecule has 192 valence electrons. The van der Waals surface area contributed by atoms with Gasteiger partial charge in [-0.15, -0.1) is 0 Å². The molecular formula is C29H26N4O5. The maximum Gasteiger partial charge on any atom is 0.290 e. The van der Waals surface area contributed by atoms with Crippen molar-refractivity contribution in [1.29, 1.82) is 0 Å². The number of nitrogens with one attached hydrogen (secondary N) is 1. The Labute approximate surface area is 219 Å². The Morgan fingerprint density at radius 1 is 0.974 bits per heavy atom. The third kappa shape index (κ3) is 4.06. The molecule has 2 aliphatic rings. The molecule has 2 aromatic heterocycles. The van der Waals surface area contributed by atoms with Gasteiger partial charge in [0, 0.05) is 49.2 Å². The molecule has 0 bridgehead atoms. The lowest BCUT2D eigenvalue weighted by atomic mass is 9.94. The van der Waals surface area contributed by atoms with Gasteiger partial charge >= 0.3 is 0 Å². The van der Waals surface area contributed by atoms with Crippen molar-refractivity contribution in [3.05, 3.63) is 78.0 Å². The number of ether oxygens (including phenoxy) is 1. The number of carbonyl (C=O) groups is 3. The molecule has 38 heavy (non-hydrogen) atoms. The second kappa shape index (κ2) is 9.66. The predicted octanol–water partition coefficient (Wildman–Crippen LogP) is 3.57. The van der Waals surface area contributed by atoms with Crippen molar-refractivity contribution in [3.8, 4) is 17.2 Å². The molecule has 2 aliphatic heterocycles. The normalized spacial score (nSPS) is 16.7. The van der Waals surface area contributed by atoms with E-state index < -0.39 is 17.6 Å². The van der Waals surface area contributed by atoms with Gasteiger partial charge < -0.3 is 24.3 Å². The molecule has 0 saturated carbocycles. The minimum absolute atomic E-state index is 0.0756. The smallest absolute Gasteiger partial charge is 0.290 e. The molecule has 1 atom stereocenters. The monoisotopic (exact) mass is 510 g/mol. The fourth-order valence-corrected chi connectivity index (χ4v) is 5.19. The molecule has 1 unspecified atom stereocenters. The molecule has 2 amide bonds. The largest absolute Gasteiger partial charge is 0.495 e. The zero-order valence-electron chi connectivity index (χ0n) is 20.8. The average molecular weight is 511 g/mol. The van der Waals surface area contributed by atoms with Gasteiger partial charge in [0.25, 0.3) is 11.8 Å². The molecule has 9 nitrogen and oxygen atoms in total. The van der Waals surface area contributed by atoms with Crippen LogP contribution in [0, 0.1) is 0 Å². The van der Waals surface area contributed by atoms with Gasteiger partial charge in [-0.25, -0.2) is 4.98 Å². The topological polar surface area (TPSA) is 105 Å². The molecule has 2 aromatic carbocycles. The number of rotatable bonds is 5. The first-order valence-electron chi connectivity index (χ1n) is 12.5. The Balaban J connectivity index is 1.21. The zero-order valence-corrected chi connectivity index (χ0v) is 20.8. The first-order valence-corrected chi connectivity index (χ1v) is 12.5. The number of anilines is 1. The SMILES string of the molecule is COc1cnc(-c2cc3ccccc3o2)c2c1C(C(=O)C(=O)N1CCN(C(=O)c3ccccc3)CC1)CN2. The average Bonchev–Trinajstić information content (AvgIpc) is 3.61. The molecule has 0 spiro atoms. The molecule has 4 aromatic rings. The Kier molecular flexibility index (Phi) is 6.03. The number of nitrogens with zero attached hydrogens (tertiary/aromatic N) is 3. The van der Waals surface area contributed by atoms with Gasteiger partial charge in [-0.3, -0.25) is 14.4 Å². The number of para-hydroxylation sites is 1. The molecule has 1 saturated heterocycles. The van der Waals surface area contributed by atoms with Crippen molar-refractivity contribution in [3.63, 3.8) is 0 Å². The van der Waals surface area contributed by atoms with Gasteiger partial charge in [-0.2, -0.15) is 0 Å². The second-order valence-electron chi connectivity index (χ2n) is 9.36. The first kappa shape index (κ1) is 23.7. The van der Waals surface area contributed by atoms with Gasteiger partial charge in [0.1, 0.15) is 17.0 Å². The van der Waals surface area contributed by atoms with E-state index in [1.165, 1.54) is 12.0 Å². The minimum atomic E-state index is -0.720. The van der Waals surface area contributed by atoms with Crippen molar-refractivity contribution in [1.82, 2.24) is 14.8 Å². The molecule has 6 rings (SSSR count). The summed E-state index contributed by atoms with van der Waals surface area (Å²) in [6.45, 7) is 1.59. The summed E-state index contributed by atoms with van der Waals surface area (Å²) in [4.78, 5) is 47.3. The van der Waals surface area contributed by atoms with Crippen LogP contribution in [0.4, 0.5) is 5.69 Å². The van der Waals surface area contributed by atoms with Crippen molar-refractivity contribution in [2.45, 2.75) is 5.92 Å². The fourth-order valence-electron chi connectivity index (χ4n) is 5.19. The van der Waals surface area contributed by atoms with E-state index in [-0.39, 0.29) is 12.5 Å². The molecule has 1 N–H and O–H groups in total. The van der Waals surface area contributed by atoms with Crippen LogP contribution in [0.3, 0.4) is 0 Å². The number of carbonyl (C=O) groups excluding carboxylic acids is 3. The minimum Gasteiger partial charge on any atom is -0.495 e. The number of Topliss-reactive ketones (excluding diaryl/α,β-unsaturated/α-hetero) is 1. The number of benzene rings is 2. The molecule has 0 radical (unpaired) electrons. The van der Waals surface area contributed by atoms with Crippen LogP contribution in [0.1, 0.15) is 21.8 Å². The number of furan rings is 1. The van der Waals surface area contributed by atoms with Crippen molar-refractivity contribution >= 4 is 34.3 Å². The number of aromatic nitrogens is 1. The standard InChI is InChI=1S/C29H26N4O5/c1-37-23-17-31-25(22-15-19-9-5-6-10-21(19)38-22)26-24(23)20(16-30-26)27(34)29(36)33-13-11-32(12-14-33)28(35)18-7-3-2-4-8-18/h2-10,15,17,20,30H,11-14,16H2,1H3. The molecule has 9 heteroatoms. The van der Waals surface area contributed by atoms with E-state index in [2.05, 4.69) is 10.3 Å². The maximum absolute atomic E-state index is 13.5. The molecule has 4 heterocycles. The zero-order chi connectivity index (χ0) is 26.2. The number of fused-ring (bicyclic) bond motifs is 2. The van der Waals surface area contributed by atoms with Crippen LogP contribution < -0.4 is 10.1 Å². The van der Waals surface area contributed by atoms with Gasteiger partial charge in [0.2, 0.25) is 5.78 Å². The third-order valence-corrected chi connectivity index (χ3v) is 7.19. The Morgan fingerprint density at radius 2 is 1.68 bits per heavy atom. The van der Waals surface area contributed by atoms with E-state index in [0.29, 0.717) is 60.2 Å². The second-order valence-corrected chi connectivity index (χ2v) is 9.36. The molecule has 0 aliphatic carbocycles. The van der Waals surface area contributed by atoms with Gasteiger partial charge in [-0.05, 0) is 24.3 Å². The van der Waals surface area contributed by atoms with Crippen LogP contribution in [-0.4, -0.2) is 72.2 Å². The lowest BCUT2D eigenvalue weighted by molar-refractivity contribution is -0.146. The number of piperazine rings is 1. The molecular weight excluding hydrogens is 484 g/mol. The highest BCUT2D eigenvalue weighted by Gasteiger charge is 2.40. The van der Waals surface area contributed by atoms with Crippen LogP contribution in [0.2, 0.25) is 0 Å². The highest BCUT2D eigenvalue weighted by molar-refractivity contribution is 6.38. The lowest BCUT2D eigenvalue weighted by Crippen LogP contribution is -2.52. The maximum atomic E-state index is 13.5. The van der Waals surface area contributed by atoms with E-state index in [4.69, 9.17) is 9.15 Å². The van der Waals surface area contributed by atoms with Crippen LogP contribution in [0.5, 0.6) is 5.75 Å². The van der Waals surface area contributed by atoms with Crippen LogP contribution >= 0.6 is 0 Å². The van der Waals surface area contributed by atoms with E-state index in [9.17, 15) is 14.4 Å². The quantitative estimate of drug-likeness (QED) is 0.409. The highest BCUT2D eigenvalue weighted by Crippen LogP contribution is 2.44. The molecule has 1 fully saturated rings. The summed E-state index contributed by atoms with van der Waals surface area (Å²) in [6.07, 6.45) is 1.56. The summed E-state index contributed by atoms with van der Waals surface area (Å²) >= 11 is 0. The predicted molar refractivity (Wildman–Crippen MR) is 141 cm³/mol. The van der Waals surface area contributed by atoms with Gasteiger partial charge in [0.05, 0.1) is 24.9 Å². The number of hydrogen-bond donors (Lipinski definition) is 1.